The zero-order chi connectivity index (χ0) is 13.8. The Morgan fingerprint density at radius 2 is 2.16 bits per heavy atom. The van der Waals surface area contributed by atoms with E-state index in [2.05, 4.69) is 21.1 Å². The summed E-state index contributed by atoms with van der Waals surface area (Å²) < 4.78 is 0.876. The molecule has 2 aromatic rings. The first kappa shape index (κ1) is 14.0. The second-order valence-electron chi connectivity index (χ2n) is 4.00. The molecule has 98 valence electrons. The topological polar surface area (TPSA) is 38.7 Å². The second-order valence-corrected chi connectivity index (χ2v) is 5.80. The molecular formula is C14H12BrNO2S. The normalized spacial score (nSPS) is 11.4. The summed E-state index contributed by atoms with van der Waals surface area (Å²) in [5, 5.41) is 5.81. The minimum Gasteiger partial charge on any atom is -0.313 e. The molecule has 1 aromatic heterocycles. The van der Waals surface area contributed by atoms with Gasteiger partial charge in [0.15, 0.2) is 0 Å². The summed E-state index contributed by atoms with van der Waals surface area (Å²) in [6.07, 6.45) is 0. The van der Waals surface area contributed by atoms with Gasteiger partial charge in [0, 0.05) is 4.47 Å². The fourth-order valence-corrected chi connectivity index (χ4v) is 2.46. The predicted molar refractivity (Wildman–Crippen MR) is 80.8 cm³/mol. The molecule has 0 aliphatic rings. The van der Waals surface area contributed by atoms with Crippen LogP contribution in [0.15, 0.2) is 45.3 Å². The van der Waals surface area contributed by atoms with Gasteiger partial charge in [-0.1, -0.05) is 33.2 Å². The third-order valence-electron chi connectivity index (χ3n) is 2.55. The lowest BCUT2D eigenvalue weighted by molar-refractivity contribution is 0.0516. The molecule has 0 atom stereocenters. The zero-order valence-corrected chi connectivity index (χ0v) is 12.9. The number of nitrogens with zero attached hydrogens (tertiary/aromatic N) is 1. The third-order valence-corrected chi connectivity index (χ3v) is 4.38. The average Bonchev–Trinajstić information content (AvgIpc) is 2.92. The van der Waals surface area contributed by atoms with Crippen LogP contribution in [0.25, 0.3) is 0 Å². The Kier molecular flexibility index (Phi) is 4.50. The second kappa shape index (κ2) is 6.12. The molecule has 0 amide bonds. The molecule has 2 rings (SSSR count). The molecule has 0 unspecified atom stereocenters. The molecule has 3 nitrogen and oxygen atoms in total. The van der Waals surface area contributed by atoms with Crippen LogP contribution in [-0.4, -0.2) is 11.7 Å². The van der Waals surface area contributed by atoms with Gasteiger partial charge in [0.05, 0.1) is 16.2 Å². The lowest BCUT2D eigenvalue weighted by Gasteiger charge is -2.02. The van der Waals surface area contributed by atoms with E-state index in [4.69, 9.17) is 4.84 Å². The molecule has 0 fully saturated rings. The summed E-state index contributed by atoms with van der Waals surface area (Å²) >= 11 is 4.94. The fraction of sp³-hybridized carbons (Fsp3) is 0.143. The molecular weight excluding hydrogens is 326 g/mol. The van der Waals surface area contributed by atoms with Gasteiger partial charge in [0.1, 0.15) is 0 Å². The standard InChI is InChI=1S/C14H12BrNO2S/c1-9-5-6-11(8-12(9)15)14(17)18-16-10(2)13-4-3-7-19-13/h3-8H,1-2H3/b16-10+. The summed E-state index contributed by atoms with van der Waals surface area (Å²) in [7, 11) is 0. The fourth-order valence-electron chi connectivity index (χ4n) is 1.41. The quantitative estimate of drug-likeness (QED) is 0.473. The number of halogens is 1. The summed E-state index contributed by atoms with van der Waals surface area (Å²) in [5.74, 6) is -0.461. The SMILES string of the molecule is C/C(=N\OC(=O)c1ccc(C)c(Br)c1)c1cccs1. The van der Waals surface area contributed by atoms with E-state index in [0.717, 1.165) is 14.9 Å². The van der Waals surface area contributed by atoms with Crippen LogP contribution in [0.2, 0.25) is 0 Å². The Morgan fingerprint density at radius 1 is 1.37 bits per heavy atom. The maximum atomic E-state index is 11.8. The van der Waals surface area contributed by atoms with E-state index in [-0.39, 0.29) is 0 Å². The first-order valence-electron chi connectivity index (χ1n) is 5.64. The Bertz CT molecular complexity index is 620. The van der Waals surface area contributed by atoms with Gasteiger partial charge in [-0.25, -0.2) is 4.79 Å². The molecule has 0 aliphatic carbocycles. The van der Waals surface area contributed by atoms with E-state index in [1.54, 1.807) is 23.5 Å². The van der Waals surface area contributed by atoms with Gasteiger partial charge < -0.3 is 4.84 Å². The van der Waals surface area contributed by atoms with Crippen LogP contribution in [-0.2, 0) is 4.84 Å². The van der Waals surface area contributed by atoms with Crippen LogP contribution in [0.4, 0.5) is 0 Å². The number of hydrogen-bond acceptors (Lipinski definition) is 4. The van der Waals surface area contributed by atoms with E-state index in [1.807, 2.05) is 37.4 Å². The lowest BCUT2D eigenvalue weighted by Crippen LogP contribution is -2.03. The van der Waals surface area contributed by atoms with Crippen molar-refractivity contribution < 1.29 is 9.63 Å². The third kappa shape index (κ3) is 3.52. The molecule has 0 spiro atoms. The van der Waals surface area contributed by atoms with Crippen LogP contribution >= 0.6 is 27.3 Å². The van der Waals surface area contributed by atoms with Crippen molar-refractivity contribution in [3.05, 3.63) is 56.2 Å². The van der Waals surface area contributed by atoms with Crippen molar-refractivity contribution in [3.8, 4) is 0 Å². The van der Waals surface area contributed by atoms with Gasteiger partial charge in [0.2, 0.25) is 0 Å². The van der Waals surface area contributed by atoms with Crippen LogP contribution in [0, 0.1) is 6.92 Å². The smallest absolute Gasteiger partial charge is 0.313 e. The van der Waals surface area contributed by atoms with Gasteiger partial charge in [-0.3, -0.25) is 0 Å². The number of benzene rings is 1. The first-order chi connectivity index (χ1) is 9.08. The van der Waals surface area contributed by atoms with Crippen molar-refractivity contribution in [3.63, 3.8) is 0 Å². The summed E-state index contributed by atoms with van der Waals surface area (Å²) in [5.41, 5.74) is 2.23. The Morgan fingerprint density at radius 3 is 2.79 bits per heavy atom. The van der Waals surface area contributed by atoms with Crippen molar-refractivity contribution >= 4 is 38.9 Å². The van der Waals surface area contributed by atoms with Gasteiger partial charge in [0.25, 0.3) is 0 Å². The maximum absolute atomic E-state index is 11.8. The minimum atomic E-state index is -0.461. The van der Waals surface area contributed by atoms with E-state index in [0.29, 0.717) is 11.3 Å². The van der Waals surface area contributed by atoms with E-state index in [9.17, 15) is 4.79 Å². The van der Waals surface area contributed by atoms with Gasteiger partial charge in [-0.15, -0.1) is 11.3 Å². The number of oxime groups is 1. The van der Waals surface area contributed by atoms with Crippen LogP contribution in [0.5, 0.6) is 0 Å². The minimum absolute atomic E-state index is 0.461. The van der Waals surface area contributed by atoms with Crippen molar-refractivity contribution in [1.82, 2.24) is 0 Å². The van der Waals surface area contributed by atoms with Crippen molar-refractivity contribution in [2.24, 2.45) is 5.16 Å². The summed E-state index contributed by atoms with van der Waals surface area (Å²) in [6.45, 7) is 3.77. The molecule has 0 saturated carbocycles. The number of aryl methyl sites for hydroxylation is 1. The van der Waals surface area contributed by atoms with E-state index >= 15 is 0 Å². The number of carbonyl (C=O) groups excluding carboxylic acids is 1. The highest BCUT2D eigenvalue weighted by Gasteiger charge is 2.09. The highest BCUT2D eigenvalue weighted by molar-refractivity contribution is 9.10. The van der Waals surface area contributed by atoms with Crippen LogP contribution in [0.1, 0.15) is 27.7 Å². The number of carbonyl (C=O) groups is 1. The Hall–Kier alpha value is -1.46. The molecule has 5 heteroatoms. The van der Waals surface area contributed by atoms with Gasteiger partial charge >= 0.3 is 5.97 Å². The molecule has 1 aromatic carbocycles. The van der Waals surface area contributed by atoms with Crippen molar-refractivity contribution in [2.45, 2.75) is 13.8 Å². The summed E-state index contributed by atoms with van der Waals surface area (Å²) in [4.78, 5) is 17.8. The Balaban J connectivity index is 2.09. The highest BCUT2D eigenvalue weighted by atomic mass is 79.9. The monoisotopic (exact) mass is 337 g/mol. The van der Waals surface area contributed by atoms with E-state index in [1.165, 1.54) is 0 Å². The number of hydrogen-bond donors (Lipinski definition) is 0. The first-order valence-corrected chi connectivity index (χ1v) is 7.31. The van der Waals surface area contributed by atoms with Crippen LogP contribution in [0.3, 0.4) is 0 Å². The van der Waals surface area contributed by atoms with Crippen molar-refractivity contribution in [2.75, 3.05) is 0 Å². The molecule has 0 bridgehead atoms. The predicted octanol–water partition coefficient (Wildman–Crippen LogP) is 4.40. The molecule has 0 saturated heterocycles. The molecule has 0 aliphatic heterocycles. The molecule has 0 N–H and O–H groups in total. The maximum Gasteiger partial charge on any atom is 0.365 e. The van der Waals surface area contributed by atoms with E-state index < -0.39 is 5.97 Å². The largest absolute Gasteiger partial charge is 0.365 e. The zero-order valence-electron chi connectivity index (χ0n) is 10.5. The molecule has 19 heavy (non-hydrogen) atoms. The summed E-state index contributed by atoms with van der Waals surface area (Å²) in [6, 6.07) is 9.17. The molecule has 1 heterocycles. The average molecular weight is 338 g/mol. The number of thiophene rings is 1. The Labute approximate surface area is 124 Å². The van der Waals surface area contributed by atoms with Gasteiger partial charge in [-0.2, -0.15) is 0 Å². The lowest BCUT2D eigenvalue weighted by atomic mass is 10.1. The number of rotatable bonds is 3. The molecule has 0 radical (unpaired) electrons. The highest BCUT2D eigenvalue weighted by Crippen LogP contribution is 2.18. The van der Waals surface area contributed by atoms with Crippen molar-refractivity contribution in [1.29, 1.82) is 0 Å². The van der Waals surface area contributed by atoms with Gasteiger partial charge in [-0.05, 0) is 43.0 Å². The van der Waals surface area contributed by atoms with Crippen LogP contribution < -0.4 is 0 Å².